The number of rotatable bonds is 5. The topological polar surface area (TPSA) is 81.3 Å². The Balaban J connectivity index is 1.83. The van der Waals surface area contributed by atoms with Crippen LogP contribution in [0.1, 0.15) is 30.9 Å². The normalized spacial score (nSPS) is 11.5. The van der Waals surface area contributed by atoms with Crippen molar-refractivity contribution in [2.24, 2.45) is 0 Å². The molecule has 4 rings (SSSR count). The molecule has 0 aliphatic rings. The van der Waals surface area contributed by atoms with E-state index in [0.29, 0.717) is 27.7 Å². The number of hydrogen-bond donors (Lipinski definition) is 1. The summed E-state index contributed by atoms with van der Waals surface area (Å²) in [4.78, 5) is 30.6. The van der Waals surface area contributed by atoms with E-state index in [1.165, 1.54) is 20.4 Å². The van der Waals surface area contributed by atoms with Crippen LogP contribution >= 0.6 is 11.3 Å². The maximum absolute atomic E-state index is 14.3. The molecule has 0 aliphatic heterocycles. The first kappa shape index (κ1) is 21.8. The molecule has 3 aromatic heterocycles. The molecule has 32 heavy (non-hydrogen) atoms. The minimum absolute atomic E-state index is 0.0183. The van der Waals surface area contributed by atoms with Gasteiger partial charge in [0.15, 0.2) is 4.96 Å². The molecule has 0 saturated heterocycles. The van der Waals surface area contributed by atoms with Crippen LogP contribution in [-0.4, -0.2) is 31.1 Å². The molecule has 3 heterocycles. The van der Waals surface area contributed by atoms with Gasteiger partial charge in [0.2, 0.25) is 5.91 Å². The third-order valence-corrected chi connectivity index (χ3v) is 5.77. The fourth-order valence-electron chi connectivity index (χ4n) is 3.55. The highest BCUT2D eigenvalue weighted by atomic mass is 32.1. The molecule has 4 aromatic rings. The summed E-state index contributed by atoms with van der Waals surface area (Å²) in [6, 6.07) is 4.71. The summed E-state index contributed by atoms with van der Waals surface area (Å²) in [6.07, 6.45) is 0.0320. The molecule has 0 spiro atoms. The van der Waals surface area contributed by atoms with Gasteiger partial charge in [-0.15, -0.1) is 11.3 Å². The van der Waals surface area contributed by atoms with E-state index >= 15 is 0 Å². The summed E-state index contributed by atoms with van der Waals surface area (Å²) in [6.45, 7) is 7.10. The molecule has 0 radical (unpaired) electrons. The highest BCUT2D eigenvalue weighted by Gasteiger charge is 2.21. The second-order valence-corrected chi connectivity index (χ2v) is 8.64. The molecule has 0 unspecified atom stereocenters. The van der Waals surface area contributed by atoms with E-state index in [-0.39, 0.29) is 35.2 Å². The van der Waals surface area contributed by atoms with E-state index in [1.807, 2.05) is 13.8 Å². The predicted molar refractivity (Wildman–Crippen MR) is 118 cm³/mol. The van der Waals surface area contributed by atoms with Crippen LogP contribution in [0, 0.1) is 25.5 Å². The zero-order chi connectivity index (χ0) is 23.2. The van der Waals surface area contributed by atoms with E-state index in [9.17, 15) is 18.4 Å². The maximum atomic E-state index is 14.3. The Morgan fingerprint density at radius 2 is 1.97 bits per heavy atom. The number of fused-ring (bicyclic) bond motifs is 1. The first-order valence-electron chi connectivity index (χ1n) is 9.97. The van der Waals surface area contributed by atoms with Gasteiger partial charge in [0.25, 0.3) is 5.56 Å². The fraction of sp³-hybridized carbons (Fsp3) is 0.273. The summed E-state index contributed by atoms with van der Waals surface area (Å²) in [5.74, 6) is -1.43. The monoisotopic (exact) mass is 457 g/mol. The number of hydrogen-bond acceptors (Lipinski definition) is 5. The number of nitrogens with one attached hydrogen (secondary N) is 1. The number of carbonyl (C=O) groups excluding carboxylic acids is 1. The van der Waals surface area contributed by atoms with Crippen LogP contribution in [0.4, 0.5) is 8.78 Å². The number of carbonyl (C=O) groups is 1. The molecule has 0 aliphatic carbocycles. The standard InChI is InChI=1S/C22H21F2N5O2S/c1-11(2)25-19(30)9-15-10-32-22-26-13(4)20(21(31)28(15)22)17-7-12(3)29(27-17)18-8-14(23)5-6-16(18)24/h5-8,10-11H,9H2,1-4H3,(H,25,30). The van der Waals surface area contributed by atoms with E-state index < -0.39 is 11.6 Å². The lowest BCUT2D eigenvalue weighted by Crippen LogP contribution is -2.32. The van der Waals surface area contributed by atoms with Gasteiger partial charge in [-0.05, 0) is 45.9 Å². The summed E-state index contributed by atoms with van der Waals surface area (Å²) in [5.41, 5.74) is 1.61. The van der Waals surface area contributed by atoms with Gasteiger partial charge >= 0.3 is 0 Å². The Morgan fingerprint density at radius 3 is 2.69 bits per heavy atom. The molecule has 166 valence electrons. The molecule has 1 aromatic carbocycles. The van der Waals surface area contributed by atoms with Crippen LogP contribution in [0.2, 0.25) is 0 Å². The Bertz CT molecular complexity index is 1400. The summed E-state index contributed by atoms with van der Waals surface area (Å²) < 4.78 is 30.6. The first-order chi connectivity index (χ1) is 15.2. The number of aromatic nitrogens is 4. The van der Waals surface area contributed by atoms with Crippen molar-refractivity contribution in [3.63, 3.8) is 0 Å². The Kier molecular flexibility index (Phi) is 5.64. The molecule has 1 N–H and O–H groups in total. The summed E-state index contributed by atoms with van der Waals surface area (Å²) in [7, 11) is 0. The van der Waals surface area contributed by atoms with Gasteiger partial charge in [0.1, 0.15) is 23.0 Å². The van der Waals surface area contributed by atoms with Crippen molar-refractivity contribution in [3.8, 4) is 16.9 Å². The first-order valence-corrected chi connectivity index (χ1v) is 10.8. The smallest absolute Gasteiger partial charge is 0.268 e. The van der Waals surface area contributed by atoms with Crippen molar-refractivity contribution < 1.29 is 13.6 Å². The Morgan fingerprint density at radius 1 is 1.22 bits per heavy atom. The van der Waals surface area contributed by atoms with E-state index in [0.717, 1.165) is 18.2 Å². The van der Waals surface area contributed by atoms with Crippen LogP contribution in [0.5, 0.6) is 0 Å². The highest BCUT2D eigenvalue weighted by Crippen LogP contribution is 2.24. The quantitative estimate of drug-likeness (QED) is 0.497. The van der Waals surface area contributed by atoms with Crippen molar-refractivity contribution >= 4 is 22.2 Å². The fourth-order valence-corrected chi connectivity index (χ4v) is 4.48. The van der Waals surface area contributed by atoms with E-state index in [1.54, 1.807) is 25.3 Å². The molecule has 7 nitrogen and oxygen atoms in total. The zero-order valence-electron chi connectivity index (χ0n) is 17.9. The predicted octanol–water partition coefficient (Wildman–Crippen LogP) is 3.57. The van der Waals surface area contributed by atoms with Crippen molar-refractivity contribution in [2.75, 3.05) is 0 Å². The van der Waals surface area contributed by atoms with Gasteiger partial charge in [-0.1, -0.05) is 0 Å². The maximum Gasteiger partial charge on any atom is 0.268 e. The van der Waals surface area contributed by atoms with Crippen LogP contribution in [0.3, 0.4) is 0 Å². The average molecular weight is 458 g/mol. The second-order valence-electron chi connectivity index (χ2n) is 7.80. The zero-order valence-corrected chi connectivity index (χ0v) is 18.8. The van der Waals surface area contributed by atoms with Gasteiger partial charge in [-0.25, -0.2) is 18.4 Å². The highest BCUT2D eigenvalue weighted by molar-refractivity contribution is 7.15. The summed E-state index contributed by atoms with van der Waals surface area (Å²) >= 11 is 1.27. The third kappa shape index (κ3) is 3.93. The van der Waals surface area contributed by atoms with Crippen LogP contribution < -0.4 is 10.9 Å². The second kappa shape index (κ2) is 8.27. The minimum atomic E-state index is -0.637. The molecule has 10 heteroatoms. The van der Waals surface area contributed by atoms with Gasteiger partial charge in [0, 0.05) is 28.9 Å². The number of benzene rings is 1. The minimum Gasteiger partial charge on any atom is -0.354 e. The van der Waals surface area contributed by atoms with Crippen molar-refractivity contribution in [3.05, 3.63) is 68.7 Å². The number of aryl methyl sites for hydroxylation is 2. The van der Waals surface area contributed by atoms with Crippen molar-refractivity contribution in [1.82, 2.24) is 24.5 Å². The molecule has 0 saturated carbocycles. The van der Waals surface area contributed by atoms with Crippen LogP contribution in [0.25, 0.3) is 21.9 Å². The van der Waals surface area contributed by atoms with E-state index in [2.05, 4.69) is 15.4 Å². The van der Waals surface area contributed by atoms with Crippen LogP contribution in [-0.2, 0) is 11.2 Å². The lowest BCUT2D eigenvalue weighted by Gasteiger charge is -2.09. The van der Waals surface area contributed by atoms with Gasteiger partial charge in [0.05, 0.1) is 17.7 Å². The van der Waals surface area contributed by atoms with Crippen molar-refractivity contribution in [1.29, 1.82) is 0 Å². The Hall–Kier alpha value is -3.40. The molecule has 0 bridgehead atoms. The summed E-state index contributed by atoms with van der Waals surface area (Å²) in [5, 5.41) is 8.92. The molecule has 1 amide bonds. The van der Waals surface area contributed by atoms with Gasteiger partial charge in [-0.3, -0.25) is 14.0 Å². The van der Waals surface area contributed by atoms with Crippen molar-refractivity contribution in [2.45, 2.75) is 40.2 Å². The van der Waals surface area contributed by atoms with Gasteiger partial charge in [-0.2, -0.15) is 5.10 Å². The molecular formula is C22H21F2N5O2S. The lowest BCUT2D eigenvalue weighted by atomic mass is 10.1. The molecule has 0 atom stereocenters. The lowest BCUT2D eigenvalue weighted by molar-refractivity contribution is -0.120. The van der Waals surface area contributed by atoms with Crippen LogP contribution in [0.15, 0.2) is 34.4 Å². The average Bonchev–Trinajstić information content (AvgIpc) is 3.26. The third-order valence-electron chi connectivity index (χ3n) is 4.89. The largest absolute Gasteiger partial charge is 0.354 e. The van der Waals surface area contributed by atoms with E-state index in [4.69, 9.17) is 0 Å². The number of amides is 1. The molecular weight excluding hydrogens is 436 g/mol. The number of halogens is 2. The Labute approximate surface area is 186 Å². The molecule has 0 fully saturated rings. The SMILES string of the molecule is Cc1nc2scc(CC(=O)NC(C)C)n2c(=O)c1-c1cc(C)n(-c2cc(F)ccc2F)n1. The number of thiazole rings is 1. The van der Waals surface area contributed by atoms with Gasteiger partial charge < -0.3 is 5.32 Å². The number of nitrogens with zero attached hydrogens (tertiary/aromatic N) is 4.